The van der Waals surface area contributed by atoms with E-state index in [9.17, 15) is 23.9 Å². The molecule has 0 aliphatic carbocycles. The van der Waals surface area contributed by atoms with E-state index in [4.69, 9.17) is 30.5 Å². The number of aliphatic hydroxyl groups excluding tert-OH is 1. The smallest absolute Gasteiger partial charge is 0.416 e. The lowest BCUT2D eigenvalue weighted by Crippen LogP contribution is -3.00. The zero-order chi connectivity index (χ0) is 46.4. The average Bonchev–Trinajstić information content (AvgIpc) is 4.02. The van der Waals surface area contributed by atoms with Crippen LogP contribution in [-0.4, -0.2) is 107 Å². The van der Waals surface area contributed by atoms with Crippen molar-refractivity contribution < 1.29 is 59.4 Å². The van der Waals surface area contributed by atoms with Gasteiger partial charge in [-0.2, -0.15) is 14.3 Å². The Morgan fingerprint density at radius 1 is 1.09 bits per heavy atom. The van der Waals surface area contributed by atoms with E-state index >= 15 is 4.39 Å². The van der Waals surface area contributed by atoms with Gasteiger partial charge in [-0.15, -0.1) is 17.1 Å². The van der Waals surface area contributed by atoms with Crippen molar-refractivity contribution in [3.05, 3.63) is 118 Å². The van der Waals surface area contributed by atoms with Crippen LogP contribution in [0, 0.1) is 11.6 Å². The Labute approximate surface area is 403 Å². The van der Waals surface area contributed by atoms with Gasteiger partial charge >= 0.3 is 17.8 Å². The minimum atomic E-state index is -1.31. The molecule has 5 aromatic rings. The molecule has 2 saturated heterocycles. The van der Waals surface area contributed by atoms with Crippen LogP contribution in [0.2, 0.25) is 5.02 Å². The minimum Gasteiger partial charge on any atom is -1.00 e. The van der Waals surface area contributed by atoms with E-state index in [1.165, 1.54) is 50.8 Å². The summed E-state index contributed by atoms with van der Waals surface area (Å²) in [5.41, 5.74) is 0.331. The lowest BCUT2D eigenvalue weighted by molar-refractivity contribution is -0.753. The Bertz CT molecular complexity index is 2510. The van der Waals surface area contributed by atoms with Crippen LogP contribution in [0.1, 0.15) is 57.0 Å². The van der Waals surface area contributed by atoms with Crippen LogP contribution >= 0.6 is 24.0 Å². The summed E-state index contributed by atoms with van der Waals surface area (Å²) in [6, 6.07) is 15.5. The molecular formula is C44H55Cl3F2N10O8. The number of nitrogens with zero attached hydrogens (tertiary/aromatic N) is 9. The second-order valence-electron chi connectivity index (χ2n) is 16.1. The number of esters is 1. The van der Waals surface area contributed by atoms with Crippen molar-refractivity contribution in [3.8, 4) is 5.75 Å². The molecule has 18 nitrogen and oxygen atoms in total. The molecule has 4 heterocycles. The van der Waals surface area contributed by atoms with Gasteiger partial charge in [-0.3, -0.25) is 9.69 Å². The number of carbonyl (C=O) groups is 2. The Kier molecular flexibility index (Phi) is 18.0. The molecule has 0 spiro atoms. The zero-order valence-corrected chi connectivity index (χ0v) is 40.0. The Hall–Kier alpha value is -5.51. The van der Waals surface area contributed by atoms with Crippen molar-refractivity contribution in [1.82, 2.24) is 29.6 Å². The van der Waals surface area contributed by atoms with Gasteiger partial charge in [0.05, 0.1) is 44.1 Å². The summed E-state index contributed by atoms with van der Waals surface area (Å²) in [4.78, 5) is 42.0. The number of anilines is 2. The predicted molar refractivity (Wildman–Crippen MR) is 242 cm³/mol. The van der Waals surface area contributed by atoms with Gasteiger partial charge in [-0.25, -0.2) is 23.1 Å². The second-order valence-corrected chi connectivity index (χ2v) is 16.5. The maximum atomic E-state index is 15.6. The van der Waals surface area contributed by atoms with Gasteiger partial charge in [0.1, 0.15) is 48.6 Å². The number of hydrogen-bond donors (Lipinski definition) is 2. The third-order valence-electron chi connectivity index (χ3n) is 11.7. The highest BCUT2D eigenvalue weighted by molar-refractivity contribution is 6.31. The van der Waals surface area contributed by atoms with Crippen LogP contribution in [0.3, 0.4) is 0 Å². The fraction of sp³-hybridized carbons (Fsp3) is 0.455. The maximum absolute atomic E-state index is 15.6. The molecule has 3 aromatic carbocycles. The van der Waals surface area contributed by atoms with Crippen LogP contribution < -0.4 is 47.5 Å². The van der Waals surface area contributed by atoms with Gasteiger partial charge in [0, 0.05) is 66.5 Å². The largest absolute Gasteiger partial charge is 1.00 e. The van der Waals surface area contributed by atoms with Gasteiger partial charge in [0.15, 0.2) is 0 Å². The molecule has 2 fully saturated rings. The monoisotopic (exact) mass is 994 g/mol. The highest BCUT2D eigenvalue weighted by Gasteiger charge is 2.47. The Morgan fingerprint density at radius 2 is 1.82 bits per heavy atom. The van der Waals surface area contributed by atoms with Gasteiger partial charge < -0.3 is 51.7 Å². The number of hydrogen-bond acceptors (Lipinski definition) is 13. The number of carbonyl (C=O) groups excluding carboxylic acids is 2. The summed E-state index contributed by atoms with van der Waals surface area (Å²) in [6.45, 7) is 7.64. The number of nitrogens with one attached hydrogen (secondary N) is 1. The number of ether oxygens (including phenoxy) is 4. The van der Waals surface area contributed by atoms with E-state index in [1.54, 1.807) is 50.0 Å². The van der Waals surface area contributed by atoms with Crippen molar-refractivity contribution in [2.45, 2.75) is 76.8 Å². The molecule has 2 N–H and O–H groups in total. The first-order valence-electron chi connectivity index (χ1n) is 21.4. The standard InChI is InChI=1S/C44H54ClF2N10O8.2ClH/c1-6-39(29(2)58)57-42(60)56(27-50-57)55-18-16-52(17-19-55)32-11-13-33(14-12-32)65-34-21-44(63-23-34,36-15-10-31(46)20-38(36)47)25-54-28-53(26-49-54)30(3)64-43(61)51(5)40-9-7-8-37(45)35(40)24-62-41(59)22-48-4;;/h7-15,20,26-30,34,39,48,58H,6,16-19,21-25H2,1-5H3;2*1H/q+1;;/p-1. The van der Waals surface area contributed by atoms with Crippen LogP contribution in [0.15, 0.2) is 84.4 Å². The molecule has 5 unspecified atom stereocenters. The lowest BCUT2D eigenvalue weighted by Gasteiger charge is -2.36. The summed E-state index contributed by atoms with van der Waals surface area (Å²) < 4.78 is 59.5. The summed E-state index contributed by atoms with van der Waals surface area (Å²) in [5.74, 6) is -1.41. The highest BCUT2D eigenvalue weighted by Crippen LogP contribution is 2.41. The van der Waals surface area contributed by atoms with Gasteiger partial charge in [-0.05, 0) is 62.9 Å². The summed E-state index contributed by atoms with van der Waals surface area (Å²) in [6.07, 6.45) is 2.54. The van der Waals surface area contributed by atoms with E-state index in [1.807, 2.05) is 36.2 Å². The van der Waals surface area contributed by atoms with E-state index < -0.39 is 53.8 Å². The van der Waals surface area contributed by atoms with E-state index in [0.29, 0.717) is 54.6 Å². The molecular weight excluding hydrogens is 941 g/mol. The quantitative estimate of drug-likeness (QED) is 0.102. The Balaban J connectivity index is 0.00000420. The van der Waals surface area contributed by atoms with Gasteiger partial charge in [0.25, 0.3) is 6.33 Å². The summed E-state index contributed by atoms with van der Waals surface area (Å²) >= 11 is 6.43. The summed E-state index contributed by atoms with van der Waals surface area (Å²) in [7, 11) is 3.13. The lowest BCUT2D eigenvalue weighted by atomic mass is 9.89. The fourth-order valence-electron chi connectivity index (χ4n) is 8.21. The van der Waals surface area contributed by atoms with Crippen molar-refractivity contribution in [3.63, 3.8) is 0 Å². The molecule has 2 aliphatic rings. The molecule has 364 valence electrons. The number of likely N-dealkylation sites (N-methyl/N-ethyl adjacent to an activating group) is 1. The molecule has 0 radical (unpaired) electrons. The summed E-state index contributed by atoms with van der Waals surface area (Å²) in [5, 5.41) is 23.8. The van der Waals surface area contributed by atoms with Crippen LogP contribution in [-0.2, 0) is 37.8 Å². The molecule has 67 heavy (non-hydrogen) atoms. The first-order chi connectivity index (χ1) is 31.2. The SMILES string of the molecule is CCC(C(C)O)n1ncn(N2CCN(c3ccc(OC4COC(Cn5c[n+](C(C)OC(=O)N(C)c6cccc(Cl)c6COC(=O)CNC)cn5)(c5ccc(F)cc5F)C4)cc3)CC2)c1=O.Cl.[Cl-]. The number of aromatic nitrogens is 6. The normalized spacial score (nSPS) is 18.3. The minimum absolute atomic E-state index is 0. The number of benzene rings is 3. The first-order valence-corrected chi connectivity index (χ1v) is 21.7. The van der Waals surface area contributed by atoms with Crippen molar-refractivity contribution in [2.75, 3.05) is 68.2 Å². The first kappa shape index (κ1) is 52.5. The fourth-order valence-corrected chi connectivity index (χ4v) is 8.43. The molecule has 1 amide bonds. The average molecular weight is 996 g/mol. The molecule has 2 aromatic heterocycles. The third kappa shape index (κ3) is 12.0. The van der Waals surface area contributed by atoms with Crippen molar-refractivity contribution in [1.29, 1.82) is 0 Å². The number of halogens is 5. The molecule has 7 rings (SSSR count). The number of amides is 1. The molecule has 5 atom stereocenters. The number of rotatable bonds is 17. The molecule has 0 saturated carbocycles. The van der Waals surface area contributed by atoms with Crippen LogP contribution in [0.4, 0.5) is 25.0 Å². The van der Waals surface area contributed by atoms with Crippen molar-refractivity contribution in [2.24, 2.45) is 0 Å². The van der Waals surface area contributed by atoms with Gasteiger partial charge in [0.2, 0.25) is 12.6 Å². The maximum Gasteiger partial charge on any atom is 0.416 e. The van der Waals surface area contributed by atoms with Crippen LogP contribution in [0.25, 0.3) is 0 Å². The molecule has 0 bridgehead atoms. The van der Waals surface area contributed by atoms with E-state index in [2.05, 4.69) is 20.4 Å². The van der Waals surface area contributed by atoms with E-state index in [0.717, 1.165) is 11.8 Å². The predicted octanol–water partition coefficient (Wildman–Crippen LogP) is 1.49. The number of aliphatic hydroxyl groups is 1. The zero-order valence-electron chi connectivity index (χ0n) is 37.6. The highest BCUT2D eigenvalue weighted by atomic mass is 35.5. The number of piperazine rings is 1. The van der Waals surface area contributed by atoms with E-state index in [-0.39, 0.29) is 68.8 Å². The topological polar surface area (TPSA) is 175 Å². The second kappa shape index (κ2) is 23.0. The van der Waals surface area contributed by atoms with Gasteiger partial charge in [-0.1, -0.05) is 30.7 Å². The van der Waals surface area contributed by atoms with Crippen LogP contribution in [0.5, 0.6) is 5.75 Å². The molecule has 2 aliphatic heterocycles. The Morgan fingerprint density at radius 3 is 2.49 bits per heavy atom. The van der Waals surface area contributed by atoms with Crippen molar-refractivity contribution >= 4 is 47.4 Å². The third-order valence-corrected chi connectivity index (χ3v) is 12.0. The molecule has 23 heteroatoms.